The SMILES string of the molecule is Cc1c(I)[nH]c2nc(Cl)nc(Cl)c12. The topological polar surface area (TPSA) is 41.6 Å². The fourth-order valence-corrected chi connectivity index (χ4v) is 2.19. The molecule has 0 aromatic carbocycles. The van der Waals surface area contributed by atoms with E-state index in [1.165, 1.54) is 0 Å². The van der Waals surface area contributed by atoms with E-state index in [1.807, 2.05) is 6.92 Å². The largest absolute Gasteiger partial charge is 0.334 e. The first kappa shape index (κ1) is 9.48. The van der Waals surface area contributed by atoms with Gasteiger partial charge < -0.3 is 4.98 Å². The second kappa shape index (κ2) is 3.25. The first-order valence-electron chi connectivity index (χ1n) is 3.46. The molecule has 2 rings (SSSR count). The zero-order chi connectivity index (χ0) is 9.59. The average Bonchev–Trinajstić information content (AvgIpc) is 2.27. The summed E-state index contributed by atoms with van der Waals surface area (Å²) in [6.45, 7) is 1.96. The van der Waals surface area contributed by atoms with Crippen LogP contribution in [-0.4, -0.2) is 15.0 Å². The Balaban J connectivity index is 2.94. The predicted molar refractivity (Wildman–Crippen MR) is 61.4 cm³/mol. The molecule has 0 radical (unpaired) electrons. The van der Waals surface area contributed by atoms with Gasteiger partial charge in [-0.2, -0.15) is 4.98 Å². The highest BCUT2D eigenvalue weighted by atomic mass is 127. The zero-order valence-electron chi connectivity index (χ0n) is 6.53. The third kappa shape index (κ3) is 1.51. The summed E-state index contributed by atoms with van der Waals surface area (Å²) in [6.07, 6.45) is 0. The van der Waals surface area contributed by atoms with Gasteiger partial charge in [-0.05, 0) is 46.7 Å². The normalized spacial score (nSPS) is 11.1. The standard InChI is InChI=1S/C7H4Cl2IN3/c1-2-3-4(8)11-7(9)13-6(3)12-5(2)10/h1H3,(H,11,12,13). The molecule has 68 valence electrons. The van der Waals surface area contributed by atoms with Crippen molar-refractivity contribution in [2.75, 3.05) is 0 Å². The third-order valence-corrected chi connectivity index (χ3v) is 3.29. The van der Waals surface area contributed by atoms with E-state index in [9.17, 15) is 0 Å². The maximum absolute atomic E-state index is 5.92. The number of nitrogens with one attached hydrogen (secondary N) is 1. The fraction of sp³-hybridized carbons (Fsp3) is 0.143. The summed E-state index contributed by atoms with van der Waals surface area (Å²) in [6, 6.07) is 0. The van der Waals surface area contributed by atoms with Crippen LogP contribution in [0.3, 0.4) is 0 Å². The first-order chi connectivity index (χ1) is 6.09. The van der Waals surface area contributed by atoms with Crippen LogP contribution < -0.4 is 0 Å². The predicted octanol–water partition coefficient (Wildman–Crippen LogP) is 3.18. The van der Waals surface area contributed by atoms with Crippen molar-refractivity contribution < 1.29 is 0 Å². The van der Waals surface area contributed by atoms with Crippen LogP contribution in [0.25, 0.3) is 11.0 Å². The molecule has 0 aliphatic rings. The van der Waals surface area contributed by atoms with Crippen molar-refractivity contribution in [1.29, 1.82) is 0 Å². The number of hydrogen-bond acceptors (Lipinski definition) is 2. The molecule has 13 heavy (non-hydrogen) atoms. The number of fused-ring (bicyclic) bond motifs is 1. The van der Waals surface area contributed by atoms with Crippen LogP contribution in [0.15, 0.2) is 0 Å². The molecule has 0 amide bonds. The van der Waals surface area contributed by atoms with Gasteiger partial charge in [-0.15, -0.1) is 0 Å². The maximum atomic E-state index is 5.92. The van der Waals surface area contributed by atoms with Crippen LogP contribution in [0, 0.1) is 10.6 Å². The van der Waals surface area contributed by atoms with Crippen molar-refractivity contribution in [3.05, 3.63) is 19.7 Å². The molecule has 0 atom stereocenters. The number of nitrogens with zero attached hydrogens (tertiary/aromatic N) is 2. The lowest BCUT2D eigenvalue weighted by Gasteiger charge is -1.94. The van der Waals surface area contributed by atoms with Gasteiger partial charge in [0.15, 0.2) is 0 Å². The van der Waals surface area contributed by atoms with Gasteiger partial charge in [0.1, 0.15) is 10.8 Å². The molecule has 0 unspecified atom stereocenters. The van der Waals surface area contributed by atoms with Crippen LogP contribution in [0.2, 0.25) is 10.4 Å². The van der Waals surface area contributed by atoms with Gasteiger partial charge in [-0.1, -0.05) is 11.6 Å². The fourth-order valence-electron chi connectivity index (χ4n) is 1.14. The Kier molecular flexibility index (Phi) is 2.37. The van der Waals surface area contributed by atoms with E-state index >= 15 is 0 Å². The molecule has 0 saturated heterocycles. The lowest BCUT2D eigenvalue weighted by atomic mass is 10.3. The van der Waals surface area contributed by atoms with Crippen molar-refractivity contribution in [3.8, 4) is 0 Å². The summed E-state index contributed by atoms with van der Waals surface area (Å²) in [5.74, 6) is 0. The smallest absolute Gasteiger partial charge is 0.225 e. The van der Waals surface area contributed by atoms with Gasteiger partial charge in [0, 0.05) is 0 Å². The van der Waals surface area contributed by atoms with E-state index < -0.39 is 0 Å². The van der Waals surface area contributed by atoms with Gasteiger partial charge in [-0.3, -0.25) is 0 Å². The Morgan fingerprint density at radius 1 is 1.31 bits per heavy atom. The summed E-state index contributed by atoms with van der Waals surface area (Å²) >= 11 is 13.8. The second-order valence-corrected chi connectivity index (χ2v) is 4.35. The van der Waals surface area contributed by atoms with Gasteiger partial charge in [0.05, 0.1) is 9.09 Å². The van der Waals surface area contributed by atoms with Gasteiger partial charge in [0.2, 0.25) is 5.28 Å². The van der Waals surface area contributed by atoms with Gasteiger partial charge in [-0.25, -0.2) is 4.98 Å². The van der Waals surface area contributed by atoms with E-state index in [2.05, 4.69) is 37.5 Å². The van der Waals surface area contributed by atoms with Crippen LogP contribution >= 0.6 is 45.8 Å². The van der Waals surface area contributed by atoms with E-state index in [0.29, 0.717) is 10.8 Å². The Morgan fingerprint density at radius 3 is 2.69 bits per heavy atom. The minimum absolute atomic E-state index is 0.162. The minimum Gasteiger partial charge on any atom is -0.334 e. The molecule has 0 aliphatic carbocycles. The van der Waals surface area contributed by atoms with Crippen molar-refractivity contribution >= 4 is 56.8 Å². The van der Waals surface area contributed by atoms with Crippen molar-refractivity contribution in [2.24, 2.45) is 0 Å². The van der Waals surface area contributed by atoms with Crippen LogP contribution in [-0.2, 0) is 0 Å². The highest BCUT2D eigenvalue weighted by Crippen LogP contribution is 2.27. The minimum atomic E-state index is 0.162. The number of aromatic amines is 1. The summed E-state index contributed by atoms with van der Waals surface area (Å²) in [7, 11) is 0. The number of hydrogen-bond donors (Lipinski definition) is 1. The van der Waals surface area contributed by atoms with Crippen LogP contribution in [0.5, 0.6) is 0 Å². The molecule has 2 aromatic heterocycles. The van der Waals surface area contributed by atoms with E-state index in [-0.39, 0.29) is 5.28 Å². The molecular formula is C7H4Cl2IN3. The quantitative estimate of drug-likeness (QED) is 0.459. The van der Waals surface area contributed by atoms with Crippen LogP contribution in [0.1, 0.15) is 5.56 Å². The highest BCUT2D eigenvalue weighted by Gasteiger charge is 2.11. The van der Waals surface area contributed by atoms with E-state index in [4.69, 9.17) is 23.2 Å². The Bertz CT molecular complexity index is 480. The van der Waals surface area contributed by atoms with Crippen molar-refractivity contribution in [1.82, 2.24) is 15.0 Å². The molecule has 0 saturated carbocycles. The molecule has 2 aromatic rings. The Labute approximate surface area is 98.0 Å². The summed E-state index contributed by atoms with van der Waals surface area (Å²) in [4.78, 5) is 11.0. The summed E-state index contributed by atoms with van der Waals surface area (Å²) < 4.78 is 1.01. The zero-order valence-corrected chi connectivity index (χ0v) is 10.2. The van der Waals surface area contributed by atoms with Crippen LogP contribution in [0.4, 0.5) is 0 Å². The molecule has 0 bridgehead atoms. The molecule has 0 aliphatic heterocycles. The molecule has 6 heteroatoms. The Hall–Kier alpha value is -0.0700. The third-order valence-electron chi connectivity index (χ3n) is 1.77. The monoisotopic (exact) mass is 327 g/mol. The number of aryl methyl sites for hydroxylation is 1. The second-order valence-electron chi connectivity index (χ2n) is 2.57. The van der Waals surface area contributed by atoms with Crippen molar-refractivity contribution in [2.45, 2.75) is 6.92 Å². The number of halogens is 3. The lowest BCUT2D eigenvalue weighted by Crippen LogP contribution is -1.84. The molecule has 2 heterocycles. The molecule has 0 spiro atoms. The number of H-pyrrole nitrogens is 1. The molecular weight excluding hydrogens is 324 g/mol. The molecule has 0 fully saturated rings. The average molecular weight is 328 g/mol. The summed E-state index contributed by atoms with van der Waals surface area (Å²) in [5.41, 5.74) is 1.74. The number of rotatable bonds is 0. The van der Waals surface area contributed by atoms with Gasteiger partial charge in [0.25, 0.3) is 0 Å². The maximum Gasteiger partial charge on any atom is 0.225 e. The molecule has 3 nitrogen and oxygen atoms in total. The summed E-state index contributed by atoms with van der Waals surface area (Å²) in [5, 5.41) is 1.40. The number of aromatic nitrogens is 3. The first-order valence-corrected chi connectivity index (χ1v) is 5.30. The lowest BCUT2D eigenvalue weighted by molar-refractivity contribution is 1.20. The highest BCUT2D eigenvalue weighted by molar-refractivity contribution is 14.1. The molecule has 1 N–H and O–H groups in total. The Morgan fingerprint density at radius 2 is 2.00 bits per heavy atom. The van der Waals surface area contributed by atoms with Gasteiger partial charge >= 0.3 is 0 Å². The van der Waals surface area contributed by atoms with E-state index in [0.717, 1.165) is 14.7 Å². The van der Waals surface area contributed by atoms with Crippen molar-refractivity contribution in [3.63, 3.8) is 0 Å². The van der Waals surface area contributed by atoms with E-state index in [1.54, 1.807) is 0 Å².